The van der Waals surface area contributed by atoms with Crippen LogP contribution in [0.15, 0.2) is 42.6 Å². The summed E-state index contributed by atoms with van der Waals surface area (Å²) in [6, 6.07) is 12.2. The molecule has 0 saturated carbocycles. The fourth-order valence-electron chi connectivity index (χ4n) is 5.21. The lowest BCUT2D eigenvalue weighted by molar-refractivity contribution is -0.122. The monoisotopic (exact) mass is 529 g/mol. The van der Waals surface area contributed by atoms with Crippen LogP contribution in [0.3, 0.4) is 0 Å². The van der Waals surface area contributed by atoms with Crippen molar-refractivity contribution >= 4 is 17.5 Å². The molecule has 1 aromatic carbocycles. The SMILES string of the molecule is CCC(=O)CCCCC[C@H](NC(=O)CCCCc1nc2c(cc1C)CCCN2)c1ncc(-c2ccccc2)[nH]1. The summed E-state index contributed by atoms with van der Waals surface area (Å²) < 4.78 is 0. The Morgan fingerprint density at radius 2 is 1.87 bits per heavy atom. The topological polar surface area (TPSA) is 99.8 Å². The number of aromatic nitrogens is 3. The van der Waals surface area contributed by atoms with Gasteiger partial charge in [-0.3, -0.25) is 9.59 Å². The first-order chi connectivity index (χ1) is 19.0. The van der Waals surface area contributed by atoms with E-state index in [2.05, 4.69) is 33.6 Å². The highest BCUT2D eigenvalue weighted by Crippen LogP contribution is 2.25. The summed E-state index contributed by atoms with van der Waals surface area (Å²) in [6.45, 7) is 5.04. The van der Waals surface area contributed by atoms with E-state index >= 15 is 0 Å². The minimum atomic E-state index is -0.174. The summed E-state index contributed by atoms with van der Waals surface area (Å²) in [6.07, 6.45) is 12.0. The Hall–Kier alpha value is -3.48. The first-order valence-corrected chi connectivity index (χ1v) is 14.7. The molecular weight excluding hydrogens is 486 g/mol. The van der Waals surface area contributed by atoms with E-state index < -0.39 is 0 Å². The Labute approximate surface area is 232 Å². The number of imidazole rings is 1. The number of aromatic amines is 1. The third-order valence-electron chi connectivity index (χ3n) is 7.57. The van der Waals surface area contributed by atoms with Crippen LogP contribution in [0.25, 0.3) is 11.3 Å². The van der Waals surface area contributed by atoms with Crippen LogP contribution in [-0.2, 0) is 22.4 Å². The number of aryl methyl sites for hydroxylation is 3. The molecule has 0 saturated heterocycles. The number of hydrogen-bond acceptors (Lipinski definition) is 5. The number of hydrogen-bond donors (Lipinski definition) is 3. The number of ketones is 1. The van der Waals surface area contributed by atoms with Crippen molar-refractivity contribution in [3.8, 4) is 11.3 Å². The van der Waals surface area contributed by atoms with E-state index in [1.165, 1.54) is 11.1 Å². The predicted octanol–water partition coefficient (Wildman–Crippen LogP) is 6.64. The van der Waals surface area contributed by atoms with Crippen molar-refractivity contribution in [3.63, 3.8) is 0 Å². The van der Waals surface area contributed by atoms with E-state index in [1.807, 2.05) is 43.5 Å². The molecule has 2 aromatic heterocycles. The van der Waals surface area contributed by atoms with Gasteiger partial charge in [0.1, 0.15) is 17.4 Å². The number of amides is 1. The van der Waals surface area contributed by atoms with Crippen molar-refractivity contribution in [1.82, 2.24) is 20.3 Å². The molecule has 0 unspecified atom stereocenters. The average molecular weight is 530 g/mol. The molecule has 4 rings (SSSR count). The van der Waals surface area contributed by atoms with Gasteiger partial charge in [0, 0.05) is 31.5 Å². The number of anilines is 1. The Kier molecular flexibility index (Phi) is 10.7. The second-order valence-electron chi connectivity index (χ2n) is 10.7. The van der Waals surface area contributed by atoms with Crippen molar-refractivity contribution < 1.29 is 9.59 Å². The highest BCUT2D eigenvalue weighted by molar-refractivity contribution is 5.78. The third kappa shape index (κ3) is 8.50. The quantitative estimate of drug-likeness (QED) is 0.192. The summed E-state index contributed by atoms with van der Waals surface area (Å²) in [5, 5.41) is 6.65. The van der Waals surface area contributed by atoms with Crippen molar-refractivity contribution in [3.05, 3.63) is 65.2 Å². The molecule has 3 aromatic rings. The summed E-state index contributed by atoms with van der Waals surface area (Å²) in [5.41, 5.74) is 5.71. The lowest BCUT2D eigenvalue weighted by atomic mass is 10.0. The molecular formula is C32H43N5O2. The van der Waals surface area contributed by atoms with Gasteiger partial charge in [-0.2, -0.15) is 0 Å². The van der Waals surface area contributed by atoms with Crippen molar-refractivity contribution in [1.29, 1.82) is 0 Å². The molecule has 1 aliphatic rings. The molecule has 0 spiro atoms. The maximum Gasteiger partial charge on any atom is 0.220 e. The Morgan fingerprint density at radius 3 is 2.69 bits per heavy atom. The molecule has 0 radical (unpaired) electrons. The fraction of sp³-hybridized carbons (Fsp3) is 0.500. The van der Waals surface area contributed by atoms with Crippen LogP contribution < -0.4 is 10.6 Å². The molecule has 1 aliphatic heterocycles. The molecule has 0 fully saturated rings. The van der Waals surface area contributed by atoms with Gasteiger partial charge in [-0.1, -0.05) is 56.2 Å². The zero-order valence-corrected chi connectivity index (χ0v) is 23.5. The van der Waals surface area contributed by atoms with E-state index in [0.717, 1.165) is 92.9 Å². The number of carbonyl (C=O) groups is 2. The van der Waals surface area contributed by atoms with E-state index in [4.69, 9.17) is 4.98 Å². The van der Waals surface area contributed by atoms with Gasteiger partial charge < -0.3 is 15.6 Å². The fourth-order valence-corrected chi connectivity index (χ4v) is 5.21. The zero-order valence-electron chi connectivity index (χ0n) is 23.5. The summed E-state index contributed by atoms with van der Waals surface area (Å²) in [7, 11) is 0. The number of pyridine rings is 1. The van der Waals surface area contributed by atoms with Gasteiger partial charge in [-0.05, 0) is 68.6 Å². The Morgan fingerprint density at radius 1 is 1.05 bits per heavy atom. The van der Waals surface area contributed by atoms with Crippen molar-refractivity contribution in [2.24, 2.45) is 0 Å². The van der Waals surface area contributed by atoms with E-state index in [0.29, 0.717) is 25.0 Å². The van der Waals surface area contributed by atoms with Gasteiger partial charge in [0.15, 0.2) is 0 Å². The molecule has 1 amide bonds. The number of nitrogens with zero attached hydrogens (tertiary/aromatic N) is 2. The van der Waals surface area contributed by atoms with Gasteiger partial charge >= 0.3 is 0 Å². The molecule has 3 N–H and O–H groups in total. The summed E-state index contributed by atoms with van der Waals surface area (Å²) in [4.78, 5) is 37.5. The van der Waals surface area contributed by atoms with E-state index in [9.17, 15) is 9.59 Å². The minimum Gasteiger partial charge on any atom is -0.370 e. The zero-order chi connectivity index (χ0) is 27.5. The number of nitrogens with one attached hydrogen (secondary N) is 3. The number of H-pyrrole nitrogens is 1. The van der Waals surface area contributed by atoms with Crippen molar-refractivity contribution in [2.75, 3.05) is 11.9 Å². The second kappa shape index (κ2) is 14.6. The number of benzene rings is 1. The van der Waals surface area contributed by atoms with Gasteiger partial charge in [0.05, 0.1) is 17.9 Å². The molecule has 0 bridgehead atoms. The van der Waals surface area contributed by atoms with Crippen LogP contribution in [0, 0.1) is 6.92 Å². The molecule has 1 atom stereocenters. The third-order valence-corrected chi connectivity index (χ3v) is 7.57. The van der Waals surface area contributed by atoms with Gasteiger partial charge in [-0.15, -0.1) is 0 Å². The highest BCUT2D eigenvalue weighted by atomic mass is 16.1. The molecule has 208 valence electrons. The van der Waals surface area contributed by atoms with Gasteiger partial charge in [-0.25, -0.2) is 9.97 Å². The second-order valence-corrected chi connectivity index (χ2v) is 10.7. The molecule has 0 aliphatic carbocycles. The van der Waals surface area contributed by atoms with Crippen LogP contribution in [0.5, 0.6) is 0 Å². The van der Waals surface area contributed by atoms with E-state index in [1.54, 1.807) is 0 Å². The maximum atomic E-state index is 13.0. The van der Waals surface area contributed by atoms with Gasteiger partial charge in [0.2, 0.25) is 5.91 Å². The van der Waals surface area contributed by atoms with Crippen molar-refractivity contribution in [2.45, 2.75) is 96.9 Å². The molecule has 7 heteroatoms. The van der Waals surface area contributed by atoms with Crippen LogP contribution in [0.1, 0.15) is 99.8 Å². The largest absolute Gasteiger partial charge is 0.370 e. The average Bonchev–Trinajstić information content (AvgIpc) is 3.45. The van der Waals surface area contributed by atoms with Crippen LogP contribution in [0.4, 0.5) is 5.82 Å². The van der Waals surface area contributed by atoms with E-state index in [-0.39, 0.29) is 11.9 Å². The predicted molar refractivity (Wildman–Crippen MR) is 157 cm³/mol. The summed E-state index contributed by atoms with van der Waals surface area (Å²) in [5.74, 6) is 2.19. The summed E-state index contributed by atoms with van der Waals surface area (Å²) >= 11 is 0. The number of rotatable bonds is 15. The molecule has 3 heterocycles. The highest BCUT2D eigenvalue weighted by Gasteiger charge is 2.19. The standard InChI is InChI=1S/C32H43N5O2/c1-3-26(38)16-8-5-9-18-28(32-34-22-29(37-32)24-13-6-4-7-14-24)35-30(39)19-11-10-17-27-23(2)21-25-15-12-20-33-31(25)36-27/h4,6-7,13-14,21-22,28H,3,5,8-12,15-20H2,1-2H3,(H,33,36)(H,34,37)(H,35,39)/t28-/m0/s1. The Balaban J connectivity index is 1.30. The lowest BCUT2D eigenvalue weighted by Gasteiger charge is -2.19. The molecule has 7 nitrogen and oxygen atoms in total. The Bertz CT molecular complexity index is 1220. The molecule has 39 heavy (non-hydrogen) atoms. The van der Waals surface area contributed by atoms with Crippen LogP contribution >= 0.6 is 0 Å². The van der Waals surface area contributed by atoms with Gasteiger partial charge in [0.25, 0.3) is 0 Å². The maximum absolute atomic E-state index is 13.0. The number of fused-ring (bicyclic) bond motifs is 1. The first-order valence-electron chi connectivity index (χ1n) is 14.7. The minimum absolute atomic E-state index is 0.0515. The normalized spacial score (nSPS) is 13.4. The first kappa shape index (κ1) is 28.5. The van der Waals surface area contributed by atoms with Crippen LogP contribution in [-0.4, -0.2) is 33.2 Å². The number of carbonyl (C=O) groups excluding carboxylic acids is 2. The lowest BCUT2D eigenvalue weighted by Crippen LogP contribution is -2.29. The number of unbranched alkanes of at least 4 members (excludes halogenated alkanes) is 3. The smallest absolute Gasteiger partial charge is 0.220 e. The van der Waals surface area contributed by atoms with Crippen LogP contribution in [0.2, 0.25) is 0 Å². The number of Topliss-reactive ketones (excluding diaryl/α,β-unsaturated/α-hetero) is 1.